The predicted octanol–water partition coefficient (Wildman–Crippen LogP) is 4.19. The second kappa shape index (κ2) is 7.81. The standard InChI is InChI=1S/C20H21N3O.ClH/c1-24-18-9-5-3-7-16(18)19-15-6-2-4-8-17(15)22-20(23-19)14-10-12-21-13-11-14;/h2-9,14,21H,10-13H2,1H3;1H. The number of hydrogen-bond acceptors (Lipinski definition) is 4. The smallest absolute Gasteiger partial charge is 0.132 e. The quantitative estimate of drug-likeness (QED) is 0.765. The number of hydrogen-bond donors (Lipinski definition) is 1. The van der Waals surface area contributed by atoms with E-state index in [4.69, 9.17) is 14.7 Å². The van der Waals surface area contributed by atoms with Crippen LogP contribution >= 0.6 is 12.4 Å². The molecule has 0 radical (unpaired) electrons. The van der Waals surface area contributed by atoms with Gasteiger partial charge in [-0.25, -0.2) is 9.97 Å². The van der Waals surface area contributed by atoms with Crippen LogP contribution in [0.3, 0.4) is 0 Å². The van der Waals surface area contributed by atoms with Crippen LogP contribution in [0.5, 0.6) is 5.75 Å². The van der Waals surface area contributed by atoms with Gasteiger partial charge in [-0.15, -0.1) is 12.4 Å². The summed E-state index contributed by atoms with van der Waals surface area (Å²) in [6.45, 7) is 2.07. The van der Waals surface area contributed by atoms with Crippen molar-refractivity contribution in [1.82, 2.24) is 15.3 Å². The molecule has 0 aliphatic carbocycles. The fourth-order valence-corrected chi connectivity index (χ4v) is 3.40. The van der Waals surface area contributed by atoms with E-state index in [2.05, 4.69) is 23.5 Å². The van der Waals surface area contributed by atoms with Crippen LogP contribution in [0.15, 0.2) is 48.5 Å². The predicted molar refractivity (Wildman–Crippen MR) is 104 cm³/mol. The van der Waals surface area contributed by atoms with Gasteiger partial charge >= 0.3 is 0 Å². The summed E-state index contributed by atoms with van der Waals surface area (Å²) in [6.07, 6.45) is 2.17. The Labute approximate surface area is 154 Å². The maximum absolute atomic E-state index is 5.56. The molecule has 0 spiro atoms. The highest BCUT2D eigenvalue weighted by atomic mass is 35.5. The SMILES string of the molecule is COc1ccccc1-c1nc(C2CCNCC2)nc2ccccc12.Cl. The summed E-state index contributed by atoms with van der Waals surface area (Å²) in [5.41, 5.74) is 2.99. The molecule has 4 rings (SSSR count). The van der Waals surface area contributed by atoms with Crippen molar-refractivity contribution in [2.75, 3.05) is 20.2 Å². The van der Waals surface area contributed by atoms with Gasteiger partial charge in [0.15, 0.2) is 0 Å². The Morgan fingerprint density at radius 1 is 0.960 bits per heavy atom. The van der Waals surface area contributed by atoms with Crippen LogP contribution in [0, 0.1) is 0 Å². The molecule has 0 amide bonds. The Balaban J connectivity index is 0.00000182. The fraction of sp³-hybridized carbons (Fsp3) is 0.300. The zero-order valence-corrected chi connectivity index (χ0v) is 15.1. The molecule has 0 bridgehead atoms. The molecular weight excluding hydrogens is 334 g/mol. The molecule has 1 aliphatic rings. The van der Waals surface area contributed by atoms with Crippen molar-refractivity contribution >= 4 is 23.3 Å². The molecule has 1 aliphatic heterocycles. The lowest BCUT2D eigenvalue weighted by Crippen LogP contribution is -2.27. The number of nitrogens with zero attached hydrogens (tertiary/aromatic N) is 2. The van der Waals surface area contributed by atoms with Gasteiger partial charge in [-0.3, -0.25) is 0 Å². The first kappa shape index (κ1) is 17.6. The number of halogens is 1. The van der Waals surface area contributed by atoms with Gasteiger partial charge in [0, 0.05) is 16.9 Å². The Hall–Kier alpha value is -2.17. The van der Waals surface area contributed by atoms with Crippen LogP contribution in [0.4, 0.5) is 0 Å². The molecule has 5 heteroatoms. The van der Waals surface area contributed by atoms with E-state index in [0.29, 0.717) is 5.92 Å². The van der Waals surface area contributed by atoms with Gasteiger partial charge in [-0.1, -0.05) is 30.3 Å². The average molecular weight is 356 g/mol. The number of nitrogens with one attached hydrogen (secondary N) is 1. The van der Waals surface area contributed by atoms with Crippen LogP contribution in [0.2, 0.25) is 0 Å². The Morgan fingerprint density at radius 3 is 2.48 bits per heavy atom. The van der Waals surface area contributed by atoms with Gasteiger partial charge in [0.1, 0.15) is 11.6 Å². The van der Waals surface area contributed by atoms with Gasteiger partial charge in [0.05, 0.1) is 18.3 Å². The summed E-state index contributed by atoms with van der Waals surface area (Å²) in [6, 6.07) is 16.3. The topological polar surface area (TPSA) is 47.0 Å². The van der Waals surface area contributed by atoms with Crippen molar-refractivity contribution in [2.24, 2.45) is 0 Å². The lowest BCUT2D eigenvalue weighted by molar-refractivity contribution is 0.416. The third-order valence-electron chi connectivity index (χ3n) is 4.69. The number of aromatic nitrogens is 2. The van der Waals surface area contributed by atoms with Gasteiger partial charge in [-0.2, -0.15) is 0 Å². The molecule has 4 nitrogen and oxygen atoms in total. The van der Waals surface area contributed by atoms with E-state index in [9.17, 15) is 0 Å². The van der Waals surface area contributed by atoms with Gasteiger partial charge in [0.2, 0.25) is 0 Å². The van der Waals surface area contributed by atoms with Crippen LogP contribution < -0.4 is 10.1 Å². The van der Waals surface area contributed by atoms with Gasteiger partial charge < -0.3 is 10.1 Å². The molecule has 0 unspecified atom stereocenters. The maximum Gasteiger partial charge on any atom is 0.132 e. The van der Waals surface area contributed by atoms with E-state index < -0.39 is 0 Å². The minimum atomic E-state index is 0. The van der Waals surface area contributed by atoms with Crippen LogP contribution in [-0.4, -0.2) is 30.2 Å². The van der Waals surface area contributed by atoms with Crippen molar-refractivity contribution in [3.05, 3.63) is 54.4 Å². The number of rotatable bonds is 3. The second-order valence-electron chi connectivity index (χ2n) is 6.17. The van der Waals surface area contributed by atoms with Crippen LogP contribution in [0.1, 0.15) is 24.6 Å². The molecule has 0 saturated carbocycles. The molecule has 2 aromatic carbocycles. The Kier molecular flexibility index (Phi) is 5.51. The van der Waals surface area contributed by atoms with E-state index in [1.54, 1.807) is 7.11 Å². The number of para-hydroxylation sites is 2. The van der Waals surface area contributed by atoms with Gasteiger partial charge in [-0.05, 0) is 44.1 Å². The van der Waals surface area contributed by atoms with Crippen molar-refractivity contribution < 1.29 is 4.74 Å². The molecule has 0 atom stereocenters. The summed E-state index contributed by atoms with van der Waals surface area (Å²) in [5.74, 6) is 2.22. The first-order valence-electron chi connectivity index (χ1n) is 8.47. The fourth-order valence-electron chi connectivity index (χ4n) is 3.40. The summed E-state index contributed by atoms with van der Waals surface area (Å²) in [7, 11) is 1.70. The first-order chi connectivity index (χ1) is 11.9. The largest absolute Gasteiger partial charge is 0.496 e. The number of piperidine rings is 1. The lowest BCUT2D eigenvalue weighted by atomic mass is 9.96. The number of methoxy groups -OCH3 is 1. The Bertz CT molecular complexity index is 862. The van der Waals surface area contributed by atoms with E-state index in [1.165, 1.54) is 0 Å². The van der Waals surface area contributed by atoms with Crippen molar-refractivity contribution in [3.8, 4) is 17.0 Å². The van der Waals surface area contributed by atoms with Crippen molar-refractivity contribution in [1.29, 1.82) is 0 Å². The maximum atomic E-state index is 5.56. The van der Waals surface area contributed by atoms with Gasteiger partial charge in [0.25, 0.3) is 0 Å². The third kappa shape index (κ3) is 3.46. The monoisotopic (exact) mass is 355 g/mol. The molecule has 1 aromatic heterocycles. The molecule has 1 N–H and O–H groups in total. The molecular formula is C20H22ClN3O. The minimum absolute atomic E-state index is 0. The molecule has 1 saturated heterocycles. The summed E-state index contributed by atoms with van der Waals surface area (Å²) in [4.78, 5) is 9.85. The summed E-state index contributed by atoms with van der Waals surface area (Å²) < 4.78 is 5.56. The molecule has 2 heterocycles. The molecule has 25 heavy (non-hydrogen) atoms. The zero-order valence-electron chi connectivity index (χ0n) is 14.2. The normalized spacial score (nSPS) is 14.9. The van der Waals surface area contributed by atoms with E-state index in [1.807, 2.05) is 30.3 Å². The third-order valence-corrected chi connectivity index (χ3v) is 4.69. The number of fused-ring (bicyclic) bond motifs is 1. The summed E-state index contributed by atoms with van der Waals surface area (Å²) in [5, 5.41) is 4.48. The van der Waals surface area contributed by atoms with E-state index in [-0.39, 0.29) is 12.4 Å². The Morgan fingerprint density at radius 2 is 1.68 bits per heavy atom. The summed E-state index contributed by atoms with van der Waals surface area (Å²) >= 11 is 0. The van der Waals surface area contributed by atoms with E-state index in [0.717, 1.165) is 59.7 Å². The highest BCUT2D eigenvalue weighted by Gasteiger charge is 2.21. The minimum Gasteiger partial charge on any atom is -0.496 e. The highest BCUT2D eigenvalue weighted by molar-refractivity contribution is 5.93. The molecule has 130 valence electrons. The number of benzene rings is 2. The molecule has 3 aromatic rings. The lowest BCUT2D eigenvalue weighted by Gasteiger charge is -2.22. The first-order valence-corrected chi connectivity index (χ1v) is 8.47. The van der Waals surface area contributed by atoms with Crippen molar-refractivity contribution in [3.63, 3.8) is 0 Å². The van der Waals surface area contributed by atoms with E-state index >= 15 is 0 Å². The zero-order chi connectivity index (χ0) is 16.4. The average Bonchev–Trinajstić information content (AvgIpc) is 2.68. The second-order valence-corrected chi connectivity index (χ2v) is 6.17. The highest BCUT2D eigenvalue weighted by Crippen LogP contribution is 2.34. The van der Waals surface area contributed by atoms with Crippen molar-refractivity contribution in [2.45, 2.75) is 18.8 Å². The molecule has 1 fully saturated rings. The number of ether oxygens (including phenoxy) is 1. The van der Waals surface area contributed by atoms with Crippen LogP contribution in [-0.2, 0) is 0 Å². The van der Waals surface area contributed by atoms with Crippen LogP contribution in [0.25, 0.3) is 22.2 Å².